The summed E-state index contributed by atoms with van der Waals surface area (Å²) in [5.74, 6) is 0. The molecule has 0 aromatic heterocycles. The Balaban J connectivity index is 4.04. The molecule has 0 heterocycles. The van der Waals surface area contributed by atoms with Gasteiger partial charge in [-0.2, -0.15) is 8.42 Å². The lowest BCUT2D eigenvalue weighted by molar-refractivity contribution is 0.229. The monoisotopic (exact) mass is 140 g/mol. The molecule has 0 aliphatic heterocycles. The lowest BCUT2D eigenvalue weighted by Gasteiger charge is -1.99. The van der Waals surface area contributed by atoms with Gasteiger partial charge in [0.05, 0.1) is 0 Å². The summed E-state index contributed by atoms with van der Waals surface area (Å²) in [4.78, 5) is 0. The van der Waals surface area contributed by atoms with Gasteiger partial charge in [0.15, 0.2) is 5.44 Å². The number of aliphatic hydroxyl groups excluding tert-OH is 1. The second kappa shape index (κ2) is 2.43. The third-order valence-electron chi connectivity index (χ3n) is 0.693. The maximum Gasteiger partial charge on any atom is 0.291 e. The second-order valence-electron chi connectivity index (χ2n) is 1.38. The van der Waals surface area contributed by atoms with Gasteiger partial charge in [0.2, 0.25) is 0 Å². The molecule has 4 nitrogen and oxygen atoms in total. The normalized spacial score (nSPS) is 15.9. The molecule has 8 heavy (non-hydrogen) atoms. The first-order chi connectivity index (χ1) is 3.48. The zero-order valence-corrected chi connectivity index (χ0v) is 5.22. The molecule has 0 fully saturated rings. The molecule has 0 bridgehead atoms. The Bertz CT molecular complexity index is 147. The van der Waals surface area contributed by atoms with Gasteiger partial charge in [-0.1, -0.05) is 6.92 Å². The van der Waals surface area contributed by atoms with Gasteiger partial charge in [-0.05, 0) is 6.42 Å². The Morgan fingerprint density at radius 3 is 2.00 bits per heavy atom. The third-order valence-corrected chi connectivity index (χ3v) is 1.71. The Morgan fingerprint density at radius 1 is 1.62 bits per heavy atom. The Morgan fingerprint density at radius 2 is 2.00 bits per heavy atom. The van der Waals surface area contributed by atoms with Gasteiger partial charge >= 0.3 is 0 Å². The average Bonchev–Trinajstić information content (AvgIpc) is 1.62. The molecule has 0 radical (unpaired) electrons. The average molecular weight is 140 g/mol. The summed E-state index contributed by atoms with van der Waals surface area (Å²) in [6.45, 7) is 1.46. The summed E-state index contributed by atoms with van der Waals surface area (Å²) in [7, 11) is -4.20. The lowest BCUT2D eigenvalue weighted by Crippen LogP contribution is -2.17. The number of hydrogen-bond acceptors (Lipinski definition) is 3. The van der Waals surface area contributed by atoms with Crippen molar-refractivity contribution < 1.29 is 18.1 Å². The second-order valence-corrected chi connectivity index (χ2v) is 2.95. The molecular formula is C3H8O4S. The minimum atomic E-state index is -4.20. The molecule has 0 rings (SSSR count). The van der Waals surface area contributed by atoms with Crippen LogP contribution < -0.4 is 0 Å². The van der Waals surface area contributed by atoms with Crippen molar-refractivity contribution in [3.05, 3.63) is 0 Å². The minimum absolute atomic E-state index is 0.0127. The molecule has 0 aromatic carbocycles. The van der Waals surface area contributed by atoms with E-state index < -0.39 is 15.6 Å². The van der Waals surface area contributed by atoms with Gasteiger partial charge in [-0.3, -0.25) is 4.55 Å². The van der Waals surface area contributed by atoms with E-state index in [0.29, 0.717) is 0 Å². The fourth-order valence-electron chi connectivity index (χ4n) is 0.211. The van der Waals surface area contributed by atoms with Crippen LogP contribution in [0.2, 0.25) is 0 Å². The van der Waals surface area contributed by atoms with E-state index in [1.807, 2.05) is 0 Å². The van der Waals surface area contributed by atoms with Crippen LogP contribution in [-0.4, -0.2) is 23.5 Å². The minimum Gasteiger partial charge on any atom is -0.375 e. The highest BCUT2D eigenvalue weighted by atomic mass is 32.2. The summed E-state index contributed by atoms with van der Waals surface area (Å²) >= 11 is 0. The molecule has 1 atom stereocenters. The van der Waals surface area contributed by atoms with Gasteiger partial charge in [0.1, 0.15) is 0 Å². The number of aliphatic hydroxyl groups is 1. The van der Waals surface area contributed by atoms with Crippen molar-refractivity contribution in [2.75, 3.05) is 0 Å². The van der Waals surface area contributed by atoms with Crippen LogP contribution in [0.3, 0.4) is 0 Å². The van der Waals surface area contributed by atoms with Crippen molar-refractivity contribution in [1.82, 2.24) is 0 Å². The highest BCUT2D eigenvalue weighted by Crippen LogP contribution is 1.96. The maximum atomic E-state index is 9.87. The van der Waals surface area contributed by atoms with Gasteiger partial charge < -0.3 is 5.11 Å². The molecule has 50 valence electrons. The molecule has 0 aromatic rings. The summed E-state index contributed by atoms with van der Waals surface area (Å²) in [5, 5.41) is 8.36. The fourth-order valence-corrected chi connectivity index (χ4v) is 0.632. The van der Waals surface area contributed by atoms with E-state index in [1.54, 1.807) is 0 Å². The van der Waals surface area contributed by atoms with Crippen molar-refractivity contribution >= 4 is 10.1 Å². The zero-order chi connectivity index (χ0) is 6.78. The molecule has 1 unspecified atom stereocenters. The van der Waals surface area contributed by atoms with Crippen LogP contribution >= 0.6 is 0 Å². The number of rotatable bonds is 2. The first-order valence-corrected chi connectivity index (χ1v) is 3.63. The SMILES string of the molecule is CCC(O)S(=O)(=O)O. The topological polar surface area (TPSA) is 74.6 Å². The van der Waals surface area contributed by atoms with Crippen LogP contribution in [0.4, 0.5) is 0 Å². The smallest absolute Gasteiger partial charge is 0.291 e. The number of hydrogen-bond donors (Lipinski definition) is 2. The molecule has 0 saturated heterocycles. The quantitative estimate of drug-likeness (QED) is 0.512. The van der Waals surface area contributed by atoms with E-state index >= 15 is 0 Å². The zero-order valence-electron chi connectivity index (χ0n) is 4.40. The van der Waals surface area contributed by atoms with Gasteiger partial charge in [-0.25, -0.2) is 0 Å². The van der Waals surface area contributed by atoms with E-state index in [-0.39, 0.29) is 6.42 Å². The van der Waals surface area contributed by atoms with Crippen molar-refractivity contribution in [2.24, 2.45) is 0 Å². The first kappa shape index (κ1) is 7.87. The predicted molar refractivity (Wildman–Crippen MR) is 27.8 cm³/mol. The lowest BCUT2D eigenvalue weighted by atomic mass is 10.5. The summed E-state index contributed by atoms with van der Waals surface area (Å²) in [6.07, 6.45) is 0.0127. The molecular weight excluding hydrogens is 132 g/mol. The van der Waals surface area contributed by atoms with Crippen LogP contribution in [0.25, 0.3) is 0 Å². The van der Waals surface area contributed by atoms with Crippen molar-refractivity contribution in [2.45, 2.75) is 18.8 Å². The Labute approximate surface area is 47.9 Å². The van der Waals surface area contributed by atoms with Crippen LogP contribution in [0.5, 0.6) is 0 Å². The summed E-state index contributed by atoms with van der Waals surface area (Å²) in [6, 6.07) is 0. The standard InChI is InChI=1S/C3H8O4S/c1-2-3(4)8(5,6)7/h3-4H,2H2,1H3,(H,5,6,7). The summed E-state index contributed by atoms with van der Waals surface area (Å²) < 4.78 is 27.7. The molecule has 0 saturated carbocycles. The summed E-state index contributed by atoms with van der Waals surface area (Å²) in [5.41, 5.74) is -1.62. The Hall–Kier alpha value is -0.130. The molecule has 5 heteroatoms. The highest BCUT2D eigenvalue weighted by Gasteiger charge is 2.15. The van der Waals surface area contributed by atoms with E-state index in [0.717, 1.165) is 0 Å². The highest BCUT2D eigenvalue weighted by molar-refractivity contribution is 7.86. The van der Waals surface area contributed by atoms with Crippen molar-refractivity contribution in [3.8, 4) is 0 Å². The molecule has 0 amide bonds. The van der Waals surface area contributed by atoms with Crippen LogP contribution in [-0.2, 0) is 10.1 Å². The maximum absolute atomic E-state index is 9.87. The largest absolute Gasteiger partial charge is 0.375 e. The van der Waals surface area contributed by atoms with Crippen molar-refractivity contribution in [3.63, 3.8) is 0 Å². The molecule has 2 N–H and O–H groups in total. The first-order valence-electron chi connectivity index (χ1n) is 2.13. The van der Waals surface area contributed by atoms with Gasteiger partial charge in [0, 0.05) is 0 Å². The van der Waals surface area contributed by atoms with Gasteiger partial charge in [-0.15, -0.1) is 0 Å². The predicted octanol–water partition coefficient (Wildman–Crippen LogP) is -0.397. The van der Waals surface area contributed by atoms with E-state index in [1.165, 1.54) is 6.92 Å². The molecule has 0 spiro atoms. The van der Waals surface area contributed by atoms with E-state index in [2.05, 4.69) is 0 Å². The van der Waals surface area contributed by atoms with E-state index in [9.17, 15) is 8.42 Å². The fraction of sp³-hybridized carbons (Fsp3) is 1.00. The van der Waals surface area contributed by atoms with E-state index in [4.69, 9.17) is 9.66 Å². The molecule has 0 aliphatic rings. The molecule has 0 aliphatic carbocycles. The van der Waals surface area contributed by atoms with Gasteiger partial charge in [0.25, 0.3) is 10.1 Å². The van der Waals surface area contributed by atoms with Crippen LogP contribution in [0.15, 0.2) is 0 Å². The van der Waals surface area contributed by atoms with Crippen LogP contribution in [0.1, 0.15) is 13.3 Å². The third kappa shape index (κ3) is 2.25. The van der Waals surface area contributed by atoms with Crippen molar-refractivity contribution in [1.29, 1.82) is 0 Å². The van der Waals surface area contributed by atoms with Crippen LogP contribution in [0, 0.1) is 0 Å². The Kier molecular flexibility index (Phi) is 2.39.